The van der Waals surface area contributed by atoms with Gasteiger partial charge in [0.25, 0.3) is 0 Å². The van der Waals surface area contributed by atoms with Gasteiger partial charge in [-0.1, -0.05) is 135 Å². The summed E-state index contributed by atoms with van der Waals surface area (Å²) in [4.78, 5) is 4.88. The number of para-hydroxylation sites is 2. The van der Waals surface area contributed by atoms with Crippen LogP contribution in [0.5, 0.6) is 0 Å². The van der Waals surface area contributed by atoms with Crippen LogP contribution in [0.15, 0.2) is 194 Å². The topological polar surface area (TPSA) is 6.48 Å². The number of rotatable bonds is 6. The van der Waals surface area contributed by atoms with Crippen LogP contribution in [0.3, 0.4) is 0 Å². The standard InChI is InChI=1S/C53H38N2S/c1-53(2)47-28-13-11-25-41(47)45-33-46-44(34-48(45)53)40-24-10-9-17-35(40)31-50(46)55(37-20-7-4-8-21-37)39-23-15-22-38(32-39)54(36-18-5-3-6-19-36)49-29-16-27-43-42-26-12-14-30-51(42)56-52(43)49/h3-34H,1-2H3. The Bertz CT molecular complexity index is 3120. The summed E-state index contributed by atoms with van der Waals surface area (Å²) in [5.41, 5.74) is 12.1. The lowest BCUT2D eigenvalue weighted by atomic mass is 9.81. The van der Waals surface area contributed by atoms with Gasteiger partial charge in [0.15, 0.2) is 0 Å². The molecule has 0 N–H and O–H groups in total. The molecule has 266 valence electrons. The van der Waals surface area contributed by atoms with Crippen LogP contribution in [0.4, 0.5) is 34.1 Å². The van der Waals surface area contributed by atoms with Crippen molar-refractivity contribution in [3.05, 3.63) is 205 Å². The molecule has 9 aromatic carbocycles. The number of benzene rings is 9. The van der Waals surface area contributed by atoms with E-state index in [1.165, 1.54) is 69.7 Å². The molecule has 1 heterocycles. The molecule has 0 radical (unpaired) electrons. The second-order valence-electron chi connectivity index (χ2n) is 15.3. The minimum atomic E-state index is -0.0944. The first-order chi connectivity index (χ1) is 27.5. The highest BCUT2D eigenvalue weighted by molar-refractivity contribution is 7.26. The molecule has 0 bridgehead atoms. The van der Waals surface area contributed by atoms with Crippen molar-refractivity contribution in [2.24, 2.45) is 0 Å². The average molecular weight is 735 g/mol. The van der Waals surface area contributed by atoms with Gasteiger partial charge >= 0.3 is 0 Å². The zero-order valence-electron chi connectivity index (χ0n) is 31.3. The molecule has 1 aromatic heterocycles. The lowest BCUT2D eigenvalue weighted by Gasteiger charge is -2.31. The average Bonchev–Trinajstić information content (AvgIpc) is 3.74. The SMILES string of the molecule is CC1(C)c2ccccc2-c2cc3c(N(c4ccccc4)c4cccc(N(c5ccccc5)c5cccc6c5sc5ccccc56)c4)cc4ccccc4c3cc21. The van der Waals surface area contributed by atoms with Crippen molar-refractivity contribution >= 4 is 87.2 Å². The highest BCUT2D eigenvalue weighted by Crippen LogP contribution is 2.53. The Hall–Kier alpha value is -6.68. The molecule has 0 atom stereocenters. The third-order valence-corrected chi connectivity index (χ3v) is 13.0. The molecule has 0 spiro atoms. The molecule has 0 aliphatic heterocycles. The van der Waals surface area contributed by atoms with Crippen LogP contribution in [0.2, 0.25) is 0 Å². The van der Waals surface area contributed by atoms with Crippen LogP contribution in [-0.4, -0.2) is 0 Å². The van der Waals surface area contributed by atoms with Crippen molar-refractivity contribution in [2.75, 3.05) is 9.80 Å². The van der Waals surface area contributed by atoms with Gasteiger partial charge in [0, 0.05) is 49.0 Å². The molecule has 11 rings (SSSR count). The number of thiophene rings is 1. The third-order valence-electron chi connectivity index (χ3n) is 11.8. The van der Waals surface area contributed by atoms with Crippen LogP contribution in [0.25, 0.3) is 52.8 Å². The third kappa shape index (κ3) is 5.01. The Morgan fingerprint density at radius 2 is 0.964 bits per heavy atom. The molecule has 0 amide bonds. The minimum Gasteiger partial charge on any atom is -0.310 e. The van der Waals surface area contributed by atoms with E-state index in [1.807, 2.05) is 11.3 Å². The van der Waals surface area contributed by atoms with Gasteiger partial charge in [0.1, 0.15) is 0 Å². The van der Waals surface area contributed by atoms with Crippen molar-refractivity contribution in [3.8, 4) is 11.1 Å². The second kappa shape index (κ2) is 12.7. The maximum atomic E-state index is 2.49. The normalized spacial score (nSPS) is 13.0. The van der Waals surface area contributed by atoms with Gasteiger partial charge < -0.3 is 9.80 Å². The largest absolute Gasteiger partial charge is 0.310 e. The molecule has 10 aromatic rings. The monoisotopic (exact) mass is 734 g/mol. The fraction of sp³-hybridized carbons (Fsp3) is 0.0566. The van der Waals surface area contributed by atoms with Crippen molar-refractivity contribution in [1.82, 2.24) is 0 Å². The number of fused-ring (bicyclic) bond motifs is 9. The van der Waals surface area contributed by atoms with E-state index in [2.05, 4.69) is 218 Å². The van der Waals surface area contributed by atoms with E-state index < -0.39 is 0 Å². The van der Waals surface area contributed by atoms with E-state index in [0.29, 0.717) is 0 Å². The minimum absolute atomic E-state index is 0.0944. The van der Waals surface area contributed by atoms with Crippen molar-refractivity contribution in [3.63, 3.8) is 0 Å². The zero-order chi connectivity index (χ0) is 37.4. The molecule has 3 heteroatoms. The molecular formula is C53H38N2S. The molecule has 0 saturated carbocycles. The first-order valence-electron chi connectivity index (χ1n) is 19.4. The van der Waals surface area contributed by atoms with Crippen LogP contribution >= 0.6 is 11.3 Å². The van der Waals surface area contributed by atoms with Gasteiger partial charge in [-0.2, -0.15) is 0 Å². The van der Waals surface area contributed by atoms with Crippen molar-refractivity contribution in [1.29, 1.82) is 0 Å². The maximum absolute atomic E-state index is 2.49. The number of hydrogen-bond acceptors (Lipinski definition) is 3. The Kier molecular flexibility index (Phi) is 7.42. The van der Waals surface area contributed by atoms with Crippen LogP contribution < -0.4 is 9.80 Å². The summed E-state index contributed by atoms with van der Waals surface area (Å²) in [6.45, 7) is 4.74. The summed E-state index contributed by atoms with van der Waals surface area (Å²) in [6, 6.07) is 71.3. The lowest BCUT2D eigenvalue weighted by molar-refractivity contribution is 0.661. The second-order valence-corrected chi connectivity index (χ2v) is 16.4. The molecule has 0 fully saturated rings. The highest BCUT2D eigenvalue weighted by Gasteiger charge is 2.36. The number of nitrogens with zero attached hydrogens (tertiary/aromatic N) is 2. The van der Waals surface area contributed by atoms with E-state index in [9.17, 15) is 0 Å². The quantitative estimate of drug-likeness (QED) is 0.157. The number of anilines is 6. The summed E-state index contributed by atoms with van der Waals surface area (Å²) in [6.07, 6.45) is 0. The molecule has 2 nitrogen and oxygen atoms in total. The molecule has 0 saturated heterocycles. The molecule has 1 aliphatic carbocycles. The summed E-state index contributed by atoms with van der Waals surface area (Å²) < 4.78 is 2.58. The van der Waals surface area contributed by atoms with Crippen molar-refractivity contribution in [2.45, 2.75) is 19.3 Å². The predicted octanol–water partition coefficient (Wildman–Crippen LogP) is 15.6. The summed E-state index contributed by atoms with van der Waals surface area (Å²) in [7, 11) is 0. The molecule has 56 heavy (non-hydrogen) atoms. The lowest BCUT2D eigenvalue weighted by Crippen LogP contribution is -2.15. The van der Waals surface area contributed by atoms with Gasteiger partial charge in [-0.25, -0.2) is 0 Å². The highest BCUT2D eigenvalue weighted by atomic mass is 32.1. The summed E-state index contributed by atoms with van der Waals surface area (Å²) in [5.74, 6) is 0. The Morgan fingerprint density at radius 1 is 0.375 bits per heavy atom. The fourth-order valence-corrected chi connectivity index (χ4v) is 10.4. The number of hydrogen-bond donors (Lipinski definition) is 0. The van der Waals surface area contributed by atoms with E-state index >= 15 is 0 Å². The van der Waals surface area contributed by atoms with E-state index in [1.54, 1.807) is 0 Å². The first-order valence-corrected chi connectivity index (χ1v) is 20.2. The molecule has 0 unspecified atom stereocenters. The van der Waals surface area contributed by atoms with E-state index in [0.717, 1.165) is 28.4 Å². The summed E-state index contributed by atoms with van der Waals surface area (Å²) >= 11 is 1.87. The zero-order valence-corrected chi connectivity index (χ0v) is 32.1. The Morgan fingerprint density at radius 3 is 1.73 bits per heavy atom. The van der Waals surface area contributed by atoms with E-state index in [4.69, 9.17) is 0 Å². The maximum Gasteiger partial charge on any atom is 0.0640 e. The first kappa shape index (κ1) is 32.7. The van der Waals surface area contributed by atoms with Gasteiger partial charge in [0.2, 0.25) is 0 Å². The van der Waals surface area contributed by atoms with Crippen LogP contribution in [-0.2, 0) is 5.41 Å². The smallest absolute Gasteiger partial charge is 0.0640 e. The Labute approximate surface area is 331 Å². The van der Waals surface area contributed by atoms with Crippen LogP contribution in [0, 0.1) is 0 Å². The predicted molar refractivity (Wildman–Crippen MR) is 241 cm³/mol. The van der Waals surface area contributed by atoms with Gasteiger partial charge in [-0.05, 0) is 111 Å². The van der Waals surface area contributed by atoms with Crippen LogP contribution in [0.1, 0.15) is 25.0 Å². The molecular weight excluding hydrogens is 697 g/mol. The van der Waals surface area contributed by atoms with Gasteiger partial charge in [-0.3, -0.25) is 0 Å². The fourth-order valence-electron chi connectivity index (χ4n) is 9.15. The van der Waals surface area contributed by atoms with Gasteiger partial charge in [-0.15, -0.1) is 11.3 Å². The summed E-state index contributed by atoms with van der Waals surface area (Å²) in [5, 5.41) is 7.59. The van der Waals surface area contributed by atoms with E-state index in [-0.39, 0.29) is 5.41 Å². The Balaban J connectivity index is 1.17. The molecule has 1 aliphatic rings. The van der Waals surface area contributed by atoms with Crippen molar-refractivity contribution < 1.29 is 0 Å². The van der Waals surface area contributed by atoms with Gasteiger partial charge in [0.05, 0.1) is 16.1 Å².